The van der Waals surface area contributed by atoms with Crippen molar-refractivity contribution in [1.29, 1.82) is 0 Å². The molecule has 1 aliphatic heterocycles. The maximum absolute atomic E-state index is 12.5. The molecule has 1 fully saturated rings. The molecular formula is C16H21NO2S. The molecule has 0 bridgehead atoms. The third-order valence-electron chi connectivity index (χ3n) is 3.53. The second kappa shape index (κ2) is 5.99. The fourth-order valence-corrected chi connectivity index (χ4v) is 3.37. The van der Waals surface area contributed by atoms with E-state index in [0.29, 0.717) is 6.42 Å². The molecule has 20 heavy (non-hydrogen) atoms. The van der Waals surface area contributed by atoms with Crippen LogP contribution < -0.4 is 0 Å². The van der Waals surface area contributed by atoms with E-state index >= 15 is 0 Å². The summed E-state index contributed by atoms with van der Waals surface area (Å²) in [4.78, 5) is 16.1. The number of thiophene rings is 1. The van der Waals surface area contributed by atoms with Gasteiger partial charge in [0.1, 0.15) is 0 Å². The van der Waals surface area contributed by atoms with E-state index in [-0.39, 0.29) is 17.9 Å². The first-order valence-corrected chi connectivity index (χ1v) is 7.74. The summed E-state index contributed by atoms with van der Waals surface area (Å²) < 4.78 is 0. The molecular weight excluding hydrogens is 270 g/mol. The maximum Gasteiger partial charge on any atom is 0.263 e. The molecule has 0 spiro atoms. The predicted molar refractivity (Wildman–Crippen MR) is 81.9 cm³/mol. The van der Waals surface area contributed by atoms with E-state index in [2.05, 4.69) is 25.7 Å². The Labute approximate surface area is 124 Å². The van der Waals surface area contributed by atoms with Gasteiger partial charge in [0.25, 0.3) is 5.91 Å². The molecule has 1 amide bonds. The van der Waals surface area contributed by atoms with Crippen LogP contribution in [0, 0.1) is 24.2 Å². The fraction of sp³-hybridized carbons (Fsp3) is 0.562. The summed E-state index contributed by atoms with van der Waals surface area (Å²) >= 11 is 1.46. The van der Waals surface area contributed by atoms with Crippen LogP contribution in [0.15, 0.2) is 6.07 Å². The van der Waals surface area contributed by atoms with Crippen molar-refractivity contribution in [2.75, 3.05) is 19.7 Å². The van der Waals surface area contributed by atoms with Gasteiger partial charge in [-0.1, -0.05) is 25.7 Å². The molecule has 0 aromatic carbocycles. The first kappa shape index (κ1) is 15.1. The van der Waals surface area contributed by atoms with Crippen LogP contribution >= 0.6 is 11.3 Å². The van der Waals surface area contributed by atoms with Gasteiger partial charge >= 0.3 is 0 Å². The van der Waals surface area contributed by atoms with Gasteiger partial charge in [-0.05, 0) is 30.4 Å². The summed E-state index contributed by atoms with van der Waals surface area (Å²) in [7, 11) is 0. The molecule has 0 saturated carbocycles. The SMILES string of the molecule is Cc1cc(C(=O)N2CCC(C)(C)C2)sc1C#CCCO. The highest BCUT2D eigenvalue weighted by molar-refractivity contribution is 7.14. The molecule has 4 heteroatoms. The van der Waals surface area contributed by atoms with Crippen LogP contribution in [0.1, 0.15) is 46.8 Å². The van der Waals surface area contributed by atoms with E-state index in [1.54, 1.807) is 0 Å². The third kappa shape index (κ3) is 3.41. The molecule has 0 atom stereocenters. The van der Waals surface area contributed by atoms with Crippen LogP contribution in [0.2, 0.25) is 0 Å². The Morgan fingerprint density at radius 1 is 1.55 bits per heavy atom. The average Bonchev–Trinajstić information content (AvgIpc) is 2.93. The zero-order chi connectivity index (χ0) is 14.8. The number of aliphatic hydroxyl groups is 1. The van der Waals surface area contributed by atoms with Crippen molar-refractivity contribution >= 4 is 17.2 Å². The maximum atomic E-state index is 12.5. The quantitative estimate of drug-likeness (QED) is 0.851. The van der Waals surface area contributed by atoms with Crippen LogP contribution in [-0.4, -0.2) is 35.6 Å². The largest absolute Gasteiger partial charge is 0.395 e. The fourth-order valence-electron chi connectivity index (χ4n) is 2.35. The third-order valence-corrected chi connectivity index (χ3v) is 4.67. The lowest BCUT2D eigenvalue weighted by Crippen LogP contribution is -2.29. The number of carbonyl (C=O) groups excluding carboxylic acids is 1. The molecule has 1 aromatic rings. The van der Waals surface area contributed by atoms with Crippen LogP contribution in [0.5, 0.6) is 0 Å². The lowest BCUT2D eigenvalue weighted by molar-refractivity contribution is 0.0783. The first-order chi connectivity index (χ1) is 9.43. The molecule has 3 nitrogen and oxygen atoms in total. The van der Waals surface area contributed by atoms with Gasteiger partial charge in [0, 0.05) is 19.5 Å². The number of likely N-dealkylation sites (tertiary alicyclic amines) is 1. The van der Waals surface area contributed by atoms with Gasteiger partial charge < -0.3 is 10.0 Å². The Bertz CT molecular complexity index is 563. The summed E-state index contributed by atoms with van der Waals surface area (Å²) in [6, 6.07) is 1.93. The Morgan fingerprint density at radius 2 is 2.30 bits per heavy atom. The van der Waals surface area contributed by atoms with E-state index in [9.17, 15) is 4.79 Å². The van der Waals surface area contributed by atoms with Crippen LogP contribution in [0.3, 0.4) is 0 Å². The minimum Gasteiger partial charge on any atom is -0.395 e. The van der Waals surface area contributed by atoms with Gasteiger partial charge in [0.05, 0.1) is 16.4 Å². The van der Waals surface area contributed by atoms with Gasteiger partial charge in [-0.2, -0.15) is 0 Å². The van der Waals surface area contributed by atoms with Gasteiger partial charge in [0.2, 0.25) is 0 Å². The van der Waals surface area contributed by atoms with Gasteiger partial charge in [-0.25, -0.2) is 0 Å². The molecule has 1 saturated heterocycles. The zero-order valence-electron chi connectivity index (χ0n) is 12.3. The molecule has 1 aliphatic rings. The zero-order valence-corrected chi connectivity index (χ0v) is 13.1. The van der Waals surface area contributed by atoms with E-state index in [0.717, 1.165) is 34.8 Å². The van der Waals surface area contributed by atoms with E-state index in [1.165, 1.54) is 11.3 Å². The lowest BCUT2D eigenvalue weighted by Gasteiger charge is -2.19. The van der Waals surface area contributed by atoms with Crippen molar-refractivity contribution < 1.29 is 9.90 Å². The van der Waals surface area contributed by atoms with Crippen molar-refractivity contribution in [2.45, 2.75) is 33.6 Å². The topological polar surface area (TPSA) is 40.5 Å². The van der Waals surface area contributed by atoms with Crippen molar-refractivity contribution in [2.24, 2.45) is 5.41 Å². The standard InChI is InChI=1S/C16H21NO2S/c1-12-10-14(20-13(12)6-4-5-9-18)15(19)17-8-7-16(2,3)11-17/h10,18H,5,7-9,11H2,1-3H3. The van der Waals surface area contributed by atoms with Crippen LogP contribution in [0.4, 0.5) is 0 Å². The second-order valence-corrected chi connectivity index (χ2v) is 7.09. The summed E-state index contributed by atoms with van der Waals surface area (Å²) in [5.41, 5.74) is 1.27. The average molecular weight is 291 g/mol. The monoisotopic (exact) mass is 291 g/mol. The Morgan fingerprint density at radius 3 is 2.90 bits per heavy atom. The van der Waals surface area contributed by atoms with Gasteiger partial charge in [0.15, 0.2) is 0 Å². The summed E-state index contributed by atoms with van der Waals surface area (Å²) in [5.74, 6) is 6.07. The highest BCUT2D eigenvalue weighted by Gasteiger charge is 2.33. The number of hydrogen-bond acceptors (Lipinski definition) is 3. The van der Waals surface area contributed by atoms with Crippen LogP contribution in [0.25, 0.3) is 0 Å². The molecule has 0 unspecified atom stereocenters. The Hall–Kier alpha value is -1.31. The van der Waals surface area contributed by atoms with Crippen molar-refractivity contribution in [3.05, 3.63) is 21.4 Å². The second-order valence-electron chi connectivity index (χ2n) is 6.04. The smallest absolute Gasteiger partial charge is 0.263 e. The van der Waals surface area contributed by atoms with Crippen molar-refractivity contribution in [1.82, 2.24) is 4.90 Å². The first-order valence-electron chi connectivity index (χ1n) is 6.92. The molecule has 1 N–H and O–H groups in total. The Balaban J connectivity index is 2.12. The van der Waals surface area contributed by atoms with E-state index in [4.69, 9.17) is 5.11 Å². The normalized spacial score (nSPS) is 16.9. The summed E-state index contributed by atoms with van der Waals surface area (Å²) in [6.07, 6.45) is 1.53. The van der Waals surface area contributed by atoms with Crippen molar-refractivity contribution in [3.8, 4) is 11.8 Å². The molecule has 1 aromatic heterocycles. The number of carbonyl (C=O) groups is 1. The van der Waals surface area contributed by atoms with E-state index < -0.39 is 0 Å². The van der Waals surface area contributed by atoms with Crippen LogP contribution in [-0.2, 0) is 0 Å². The summed E-state index contributed by atoms with van der Waals surface area (Å²) in [6.45, 7) is 8.12. The molecule has 2 heterocycles. The number of rotatable bonds is 2. The number of amides is 1. The van der Waals surface area contributed by atoms with Gasteiger partial charge in [-0.15, -0.1) is 11.3 Å². The number of aryl methyl sites for hydroxylation is 1. The molecule has 0 aliphatic carbocycles. The molecule has 0 radical (unpaired) electrons. The molecule has 108 valence electrons. The highest BCUT2D eigenvalue weighted by atomic mass is 32.1. The minimum atomic E-state index is 0.0755. The number of aliphatic hydroxyl groups excluding tert-OH is 1. The highest BCUT2D eigenvalue weighted by Crippen LogP contribution is 2.31. The summed E-state index contributed by atoms with van der Waals surface area (Å²) in [5, 5.41) is 8.74. The lowest BCUT2D eigenvalue weighted by atomic mass is 9.93. The Kier molecular flexibility index (Phi) is 4.52. The van der Waals surface area contributed by atoms with E-state index in [1.807, 2.05) is 17.9 Å². The number of hydrogen-bond donors (Lipinski definition) is 1. The number of nitrogens with zero attached hydrogens (tertiary/aromatic N) is 1. The molecule has 2 rings (SSSR count). The minimum absolute atomic E-state index is 0.0755. The van der Waals surface area contributed by atoms with Gasteiger partial charge in [-0.3, -0.25) is 4.79 Å². The van der Waals surface area contributed by atoms with Crippen molar-refractivity contribution in [3.63, 3.8) is 0 Å². The predicted octanol–water partition coefficient (Wildman–Crippen LogP) is 2.66.